The van der Waals surface area contributed by atoms with Crippen LogP contribution in [0.5, 0.6) is 0 Å². The number of H-pyrrole nitrogens is 1. The third-order valence-electron chi connectivity index (χ3n) is 3.86. The highest BCUT2D eigenvalue weighted by Gasteiger charge is 2.32. The van der Waals surface area contributed by atoms with Crippen molar-refractivity contribution in [1.82, 2.24) is 15.3 Å². The van der Waals surface area contributed by atoms with Crippen molar-refractivity contribution in [3.63, 3.8) is 0 Å². The lowest BCUT2D eigenvalue weighted by Crippen LogP contribution is -2.38. The van der Waals surface area contributed by atoms with Gasteiger partial charge in [0.05, 0.1) is 6.33 Å². The fourth-order valence-electron chi connectivity index (χ4n) is 2.67. The molecule has 0 amide bonds. The molecular weight excluding hydrogens is 228 g/mol. The maximum atomic E-state index is 11.4. The Morgan fingerprint density at radius 3 is 2.72 bits per heavy atom. The van der Waals surface area contributed by atoms with Gasteiger partial charge in [0.15, 0.2) is 0 Å². The summed E-state index contributed by atoms with van der Waals surface area (Å²) < 4.78 is 0. The summed E-state index contributed by atoms with van der Waals surface area (Å²) in [5.41, 5.74) is -0.0593. The molecule has 1 aliphatic carbocycles. The maximum Gasteiger partial charge on any atom is 0.252 e. The van der Waals surface area contributed by atoms with Gasteiger partial charge in [-0.25, -0.2) is 4.98 Å². The molecule has 0 atom stereocenters. The monoisotopic (exact) mass is 248 g/mol. The second-order valence-electron chi connectivity index (χ2n) is 5.35. The van der Waals surface area contributed by atoms with Crippen molar-refractivity contribution >= 4 is 5.82 Å². The van der Waals surface area contributed by atoms with E-state index in [4.69, 9.17) is 0 Å². The van der Waals surface area contributed by atoms with E-state index in [0.717, 1.165) is 31.4 Å². The lowest BCUT2D eigenvalue weighted by atomic mass is 9.97. The molecule has 2 heterocycles. The summed E-state index contributed by atoms with van der Waals surface area (Å²) in [6.07, 6.45) is 6.44. The van der Waals surface area contributed by atoms with Crippen LogP contribution in [-0.2, 0) is 0 Å². The molecule has 0 spiro atoms. The largest absolute Gasteiger partial charge is 0.353 e. The Hall–Kier alpha value is -1.36. The molecule has 1 saturated heterocycles. The van der Waals surface area contributed by atoms with Crippen LogP contribution in [0.1, 0.15) is 25.7 Å². The van der Waals surface area contributed by atoms with Crippen LogP contribution in [-0.4, -0.2) is 35.6 Å². The third kappa shape index (κ3) is 2.72. The molecule has 0 bridgehead atoms. The summed E-state index contributed by atoms with van der Waals surface area (Å²) in [7, 11) is 0. The number of rotatable bonds is 4. The lowest BCUT2D eigenvalue weighted by molar-refractivity contribution is 0.372. The Morgan fingerprint density at radius 2 is 2.06 bits per heavy atom. The van der Waals surface area contributed by atoms with Gasteiger partial charge in [-0.3, -0.25) is 4.79 Å². The summed E-state index contributed by atoms with van der Waals surface area (Å²) >= 11 is 0. The molecule has 2 fully saturated rings. The summed E-state index contributed by atoms with van der Waals surface area (Å²) in [6.45, 7) is 3.28. The molecule has 5 heteroatoms. The number of nitrogens with zero attached hydrogens (tertiary/aromatic N) is 2. The van der Waals surface area contributed by atoms with Crippen molar-refractivity contribution in [1.29, 1.82) is 0 Å². The summed E-state index contributed by atoms with van der Waals surface area (Å²) in [5, 5.41) is 3.39. The molecule has 0 radical (unpaired) electrons. The first-order valence-electron chi connectivity index (χ1n) is 6.85. The zero-order valence-corrected chi connectivity index (χ0v) is 10.6. The van der Waals surface area contributed by atoms with Gasteiger partial charge in [0, 0.05) is 18.7 Å². The van der Waals surface area contributed by atoms with Crippen molar-refractivity contribution < 1.29 is 0 Å². The van der Waals surface area contributed by atoms with E-state index in [0.29, 0.717) is 6.04 Å². The molecular formula is C13H20N4O. The number of nitrogens with one attached hydrogen (secondary N) is 2. The Balaban J connectivity index is 1.73. The minimum Gasteiger partial charge on any atom is -0.353 e. The van der Waals surface area contributed by atoms with E-state index in [9.17, 15) is 4.79 Å². The Morgan fingerprint density at radius 1 is 1.28 bits per heavy atom. The number of piperidine rings is 1. The van der Waals surface area contributed by atoms with Crippen LogP contribution < -0.4 is 15.8 Å². The minimum absolute atomic E-state index is 0.0593. The van der Waals surface area contributed by atoms with Gasteiger partial charge in [-0.2, -0.15) is 0 Å². The fourth-order valence-corrected chi connectivity index (χ4v) is 2.67. The smallest absolute Gasteiger partial charge is 0.252 e. The van der Waals surface area contributed by atoms with Crippen LogP contribution in [0, 0.1) is 5.92 Å². The molecule has 5 nitrogen and oxygen atoms in total. The molecule has 98 valence electrons. The molecule has 2 aliphatic rings. The van der Waals surface area contributed by atoms with Crippen molar-refractivity contribution in [2.24, 2.45) is 5.92 Å². The van der Waals surface area contributed by atoms with Crippen LogP contribution in [0.15, 0.2) is 17.2 Å². The normalized spacial score (nSPS) is 20.9. The van der Waals surface area contributed by atoms with Gasteiger partial charge in [-0.05, 0) is 44.7 Å². The van der Waals surface area contributed by atoms with Crippen molar-refractivity contribution in [3.05, 3.63) is 22.7 Å². The van der Waals surface area contributed by atoms with Gasteiger partial charge in [0.25, 0.3) is 5.56 Å². The van der Waals surface area contributed by atoms with Crippen LogP contribution >= 0.6 is 0 Å². The molecule has 0 aromatic carbocycles. The van der Waals surface area contributed by atoms with Gasteiger partial charge in [0.2, 0.25) is 0 Å². The van der Waals surface area contributed by atoms with Gasteiger partial charge in [-0.1, -0.05) is 0 Å². The average Bonchev–Trinajstić information content (AvgIpc) is 3.21. The number of aromatic amines is 1. The Labute approximate surface area is 107 Å². The molecule has 18 heavy (non-hydrogen) atoms. The van der Waals surface area contributed by atoms with Crippen molar-refractivity contribution in [2.45, 2.75) is 31.7 Å². The molecule has 1 aromatic heterocycles. The highest BCUT2D eigenvalue weighted by Crippen LogP contribution is 2.31. The Bertz CT molecular complexity index is 448. The van der Waals surface area contributed by atoms with E-state index in [1.165, 1.54) is 32.0 Å². The van der Waals surface area contributed by atoms with E-state index in [2.05, 4.69) is 20.2 Å². The third-order valence-corrected chi connectivity index (χ3v) is 3.86. The number of aromatic nitrogens is 2. The highest BCUT2D eigenvalue weighted by molar-refractivity contribution is 5.40. The van der Waals surface area contributed by atoms with Crippen LogP contribution in [0.3, 0.4) is 0 Å². The molecule has 1 aromatic rings. The Kier molecular flexibility index (Phi) is 3.32. The number of hydrogen-bond acceptors (Lipinski definition) is 4. The van der Waals surface area contributed by atoms with E-state index < -0.39 is 0 Å². The molecule has 1 aliphatic heterocycles. The summed E-state index contributed by atoms with van der Waals surface area (Å²) in [6, 6.07) is 2.23. The predicted octanol–water partition coefficient (Wildman–Crippen LogP) is 0.738. The van der Waals surface area contributed by atoms with E-state index in [1.54, 1.807) is 6.07 Å². The van der Waals surface area contributed by atoms with Gasteiger partial charge < -0.3 is 15.2 Å². The quantitative estimate of drug-likeness (QED) is 0.825. The summed E-state index contributed by atoms with van der Waals surface area (Å²) in [5.74, 6) is 1.58. The fraction of sp³-hybridized carbons (Fsp3) is 0.692. The number of hydrogen-bond donors (Lipinski definition) is 2. The molecule has 3 rings (SSSR count). The molecule has 1 saturated carbocycles. The predicted molar refractivity (Wildman–Crippen MR) is 70.8 cm³/mol. The van der Waals surface area contributed by atoms with E-state index in [-0.39, 0.29) is 5.56 Å². The highest BCUT2D eigenvalue weighted by atomic mass is 16.1. The molecule has 0 unspecified atom stereocenters. The minimum atomic E-state index is -0.0593. The van der Waals surface area contributed by atoms with E-state index >= 15 is 0 Å². The van der Waals surface area contributed by atoms with Crippen LogP contribution in [0.25, 0.3) is 0 Å². The number of anilines is 1. The van der Waals surface area contributed by atoms with Crippen LogP contribution in [0.2, 0.25) is 0 Å². The molecule has 2 N–H and O–H groups in total. The van der Waals surface area contributed by atoms with E-state index in [1.807, 2.05) is 0 Å². The standard InChI is InChI=1S/C13H20N4O/c18-13-7-12(15-9-16-13)17(11-1-2-11)8-10-3-5-14-6-4-10/h7,9-11,14H,1-6,8H2,(H,15,16,18). The SMILES string of the molecule is O=c1cc(N(CC2CCNCC2)C2CC2)nc[nH]1. The second-order valence-corrected chi connectivity index (χ2v) is 5.35. The first kappa shape index (κ1) is 11.7. The van der Waals surface area contributed by atoms with Crippen LogP contribution in [0.4, 0.5) is 5.82 Å². The van der Waals surface area contributed by atoms with Gasteiger partial charge >= 0.3 is 0 Å². The zero-order valence-electron chi connectivity index (χ0n) is 10.6. The first-order valence-corrected chi connectivity index (χ1v) is 6.85. The maximum absolute atomic E-state index is 11.4. The van der Waals surface area contributed by atoms with Gasteiger partial charge in [0.1, 0.15) is 5.82 Å². The summed E-state index contributed by atoms with van der Waals surface area (Å²) in [4.78, 5) is 20.6. The zero-order chi connectivity index (χ0) is 12.4. The van der Waals surface area contributed by atoms with Crippen molar-refractivity contribution in [2.75, 3.05) is 24.5 Å². The first-order chi connectivity index (χ1) is 8.83. The second kappa shape index (κ2) is 5.10. The average molecular weight is 248 g/mol. The van der Waals surface area contributed by atoms with Crippen molar-refractivity contribution in [3.8, 4) is 0 Å². The van der Waals surface area contributed by atoms with Gasteiger partial charge in [-0.15, -0.1) is 0 Å². The topological polar surface area (TPSA) is 61.0 Å². The lowest BCUT2D eigenvalue weighted by Gasteiger charge is -2.30.